The molecule has 1 aromatic heterocycles. The van der Waals surface area contributed by atoms with Crippen molar-refractivity contribution in [2.45, 2.75) is 0 Å². The molecule has 0 spiro atoms. The third kappa shape index (κ3) is 1.56. The summed E-state index contributed by atoms with van der Waals surface area (Å²) in [5, 5.41) is 0. The van der Waals surface area contributed by atoms with Crippen LogP contribution in [0, 0.1) is 0 Å². The largest absolute Gasteiger partial charge is 0.492 e. The number of aromatic nitrogens is 2. The quantitative estimate of drug-likeness (QED) is 0.784. The molecule has 0 aliphatic carbocycles. The number of ether oxygens (including phenoxy) is 1. The zero-order valence-corrected chi connectivity index (χ0v) is 8.10. The molecular formula is C10H13N3O. The number of nitrogens with two attached hydrogens (primary N) is 1. The van der Waals surface area contributed by atoms with Crippen molar-refractivity contribution < 1.29 is 4.74 Å². The Morgan fingerprint density at radius 1 is 1.50 bits per heavy atom. The fourth-order valence-electron chi connectivity index (χ4n) is 1.38. The Kier molecular flexibility index (Phi) is 2.37. The van der Waals surface area contributed by atoms with E-state index in [2.05, 4.69) is 4.98 Å². The number of benzene rings is 1. The lowest BCUT2D eigenvalue weighted by Crippen LogP contribution is -2.10. The molecule has 0 unspecified atom stereocenters. The van der Waals surface area contributed by atoms with E-state index in [-0.39, 0.29) is 0 Å². The van der Waals surface area contributed by atoms with Crippen LogP contribution in [0.2, 0.25) is 0 Å². The zero-order chi connectivity index (χ0) is 9.97. The SMILES string of the molecule is Cn1cnc2cc(OCCN)ccc21. The van der Waals surface area contributed by atoms with Crippen LogP contribution in [-0.4, -0.2) is 22.7 Å². The second-order valence-electron chi connectivity index (χ2n) is 3.14. The molecule has 1 aromatic carbocycles. The molecule has 0 fully saturated rings. The number of hydrogen-bond donors (Lipinski definition) is 1. The van der Waals surface area contributed by atoms with Crippen molar-refractivity contribution in [3.63, 3.8) is 0 Å². The summed E-state index contributed by atoms with van der Waals surface area (Å²) in [5.74, 6) is 0.821. The summed E-state index contributed by atoms with van der Waals surface area (Å²) in [7, 11) is 1.97. The molecule has 0 saturated carbocycles. The summed E-state index contributed by atoms with van der Waals surface area (Å²) in [6.07, 6.45) is 1.79. The molecule has 0 saturated heterocycles. The lowest BCUT2D eigenvalue weighted by atomic mass is 10.3. The number of nitrogens with zero attached hydrogens (tertiary/aromatic N) is 2. The van der Waals surface area contributed by atoms with E-state index in [1.165, 1.54) is 0 Å². The van der Waals surface area contributed by atoms with Crippen molar-refractivity contribution in [2.75, 3.05) is 13.2 Å². The molecule has 0 aliphatic rings. The predicted molar refractivity (Wildman–Crippen MR) is 55.3 cm³/mol. The van der Waals surface area contributed by atoms with Gasteiger partial charge in [0, 0.05) is 19.7 Å². The Hall–Kier alpha value is -1.55. The van der Waals surface area contributed by atoms with Crippen LogP contribution in [0.15, 0.2) is 24.5 Å². The normalized spacial score (nSPS) is 10.7. The Labute approximate surface area is 82.3 Å². The first-order chi connectivity index (χ1) is 6.81. The van der Waals surface area contributed by atoms with Crippen molar-refractivity contribution >= 4 is 11.0 Å². The average Bonchev–Trinajstić information content (AvgIpc) is 2.57. The van der Waals surface area contributed by atoms with Gasteiger partial charge in [-0.2, -0.15) is 0 Å². The van der Waals surface area contributed by atoms with Gasteiger partial charge in [-0.25, -0.2) is 4.98 Å². The molecule has 1 heterocycles. The van der Waals surface area contributed by atoms with Gasteiger partial charge in [0.2, 0.25) is 0 Å². The van der Waals surface area contributed by atoms with E-state index in [9.17, 15) is 0 Å². The van der Waals surface area contributed by atoms with Crippen LogP contribution < -0.4 is 10.5 Å². The molecule has 0 radical (unpaired) electrons. The number of hydrogen-bond acceptors (Lipinski definition) is 3. The van der Waals surface area contributed by atoms with Crippen LogP contribution in [0.25, 0.3) is 11.0 Å². The fourth-order valence-corrected chi connectivity index (χ4v) is 1.38. The Balaban J connectivity index is 2.32. The molecule has 4 nitrogen and oxygen atoms in total. The molecular weight excluding hydrogens is 178 g/mol. The van der Waals surface area contributed by atoms with Gasteiger partial charge in [0.15, 0.2) is 0 Å². The topological polar surface area (TPSA) is 53.1 Å². The standard InChI is InChI=1S/C10H13N3O/c1-13-7-12-9-6-8(14-5-4-11)2-3-10(9)13/h2-3,6-7H,4-5,11H2,1H3. The van der Waals surface area contributed by atoms with Crippen LogP contribution in [0.1, 0.15) is 0 Å². The fraction of sp³-hybridized carbons (Fsp3) is 0.300. The minimum atomic E-state index is 0.528. The number of fused-ring (bicyclic) bond motifs is 1. The van der Waals surface area contributed by atoms with Gasteiger partial charge in [-0.1, -0.05) is 0 Å². The van der Waals surface area contributed by atoms with E-state index in [1.807, 2.05) is 29.8 Å². The third-order valence-corrected chi connectivity index (χ3v) is 2.08. The first-order valence-electron chi connectivity index (χ1n) is 4.55. The summed E-state index contributed by atoms with van der Waals surface area (Å²) in [6, 6.07) is 5.85. The van der Waals surface area contributed by atoms with E-state index >= 15 is 0 Å². The maximum Gasteiger partial charge on any atom is 0.121 e. The molecule has 0 bridgehead atoms. The number of aryl methyl sites for hydroxylation is 1. The van der Waals surface area contributed by atoms with Gasteiger partial charge in [-0.3, -0.25) is 0 Å². The highest BCUT2D eigenvalue weighted by molar-refractivity contribution is 5.76. The van der Waals surface area contributed by atoms with Gasteiger partial charge in [-0.05, 0) is 12.1 Å². The van der Waals surface area contributed by atoms with Crippen LogP contribution in [0.5, 0.6) is 5.75 Å². The molecule has 14 heavy (non-hydrogen) atoms. The van der Waals surface area contributed by atoms with E-state index in [4.69, 9.17) is 10.5 Å². The van der Waals surface area contributed by atoms with E-state index in [1.54, 1.807) is 6.33 Å². The van der Waals surface area contributed by atoms with Crippen molar-refractivity contribution in [3.05, 3.63) is 24.5 Å². The molecule has 0 amide bonds. The highest BCUT2D eigenvalue weighted by Gasteiger charge is 2.00. The van der Waals surface area contributed by atoms with Crippen molar-refractivity contribution in [1.29, 1.82) is 0 Å². The molecule has 74 valence electrons. The number of rotatable bonds is 3. The van der Waals surface area contributed by atoms with E-state index in [0.717, 1.165) is 16.8 Å². The lowest BCUT2D eigenvalue weighted by Gasteiger charge is -2.03. The van der Waals surface area contributed by atoms with Crippen molar-refractivity contribution in [2.24, 2.45) is 12.8 Å². The molecule has 2 aromatic rings. The molecule has 2 N–H and O–H groups in total. The second-order valence-corrected chi connectivity index (χ2v) is 3.14. The Morgan fingerprint density at radius 3 is 3.14 bits per heavy atom. The Morgan fingerprint density at radius 2 is 2.36 bits per heavy atom. The van der Waals surface area contributed by atoms with Gasteiger partial charge < -0.3 is 15.0 Å². The van der Waals surface area contributed by atoms with Crippen molar-refractivity contribution in [1.82, 2.24) is 9.55 Å². The summed E-state index contributed by atoms with van der Waals surface area (Å²) in [5.41, 5.74) is 7.40. The minimum Gasteiger partial charge on any atom is -0.492 e. The smallest absolute Gasteiger partial charge is 0.121 e. The second kappa shape index (κ2) is 3.67. The lowest BCUT2D eigenvalue weighted by molar-refractivity contribution is 0.328. The maximum absolute atomic E-state index is 5.40. The Bertz CT molecular complexity index is 436. The van der Waals surface area contributed by atoms with Gasteiger partial charge in [0.25, 0.3) is 0 Å². The maximum atomic E-state index is 5.40. The van der Waals surface area contributed by atoms with Gasteiger partial charge in [0.1, 0.15) is 12.4 Å². The summed E-state index contributed by atoms with van der Waals surface area (Å²) < 4.78 is 7.37. The predicted octanol–water partition coefficient (Wildman–Crippen LogP) is 0.911. The minimum absolute atomic E-state index is 0.528. The highest BCUT2D eigenvalue weighted by Crippen LogP contribution is 2.18. The van der Waals surface area contributed by atoms with Crippen molar-refractivity contribution in [3.8, 4) is 5.75 Å². The van der Waals surface area contributed by atoms with Crippen LogP contribution in [0.4, 0.5) is 0 Å². The third-order valence-electron chi connectivity index (χ3n) is 2.08. The molecule has 2 rings (SSSR count). The summed E-state index contributed by atoms with van der Waals surface area (Å²) in [4.78, 5) is 4.24. The van der Waals surface area contributed by atoms with E-state index in [0.29, 0.717) is 13.2 Å². The van der Waals surface area contributed by atoms with Crippen LogP contribution in [0.3, 0.4) is 0 Å². The summed E-state index contributed by atoms with van der Waals surface area (Å²) >= 11 is 0. The molecule has 4 heteroatoms. The molecule has 0 aliphatic heterocycles. The first kappa shape index (κ1) is 9.02. The van der Waals surface area contributed by atoms with Crippen LogP contribution in [-0.2, 0) is 7.05 Å². The first-order valence-corrected chi connectivity index (χ1v) is 4.55. The zero-order valence-electron chi connectivity index (χ0n) is 8.10. The van der Waals surface area contributed by atoms with Gasteiger partial charge >= 0.3 is 0 Å². The molecule has 0 atom stereocenters. The van der Waals surface area contributed by atoms with Crippen LogP contribution >= 0.6 is 0 Å². The average molecular weight is 191 g/mol. The number of imidazole rings is 1. The van der Waals surface area contributed by atoms with Gasteiger partial charge in [0.05, 0.1) is 17.4 Å². The summed E-state index contributed by atoms with van der Waals surface area (Å²) in [6.45, 7) is 1.07. The monoisotopic (exact) mass is 191 g/mol. The van der Waals surface area contributed by atoms with E-state index < -0.39 is 0 Å². The van der Waals surface area contributed by atoms with Gasteiger partial charge in [-0.15, -0.1) is 0 Å². The highest BCUT2D eigenvalue weighted by atomic mass is 16.5.